The molecule has 0 fully saturated rings. The summed E-state index contributed by atoms with van der Waals surface area (Å²) in [5, 5.41) is 6.34. The van der Waals surface area contributed by atoms with Gasteiger partial charge in [0.25, 0.3) is 0 Å². The first kappa shape index (κ1) is 8.51. The lowest BCUT2D eigenvalue weighted by atomic mass is 10.4. The van der Waals surface area contributed by atoms with E-state index in [-0.39, 0.29) is 0 Å². The van der Waals surface area contributed by atoms with E-state index in [9.17, 15) is 0 Å². The van der Waals surface area contributed by atoms with Crippen LogP contribution in [0, 0.1) is 0 Å². The highest BCUT2D eigenvalue weighted by molar-refractivity contribution is 5.77. The van der Waals surface area contributed by atoms with Gasteiger partial charge in [-0.05, 0) is 0 Å². The predicted molar refractivity (Wildman–Crippen MR) is 43.6 cm³/mol. The molecule has 6 heteroatoms. The number of aromatic nitrogens is 2. The van der Waals surface area contributed by atoms with E-state index in [0.717, 1.165) is 0 Å². The Morgan fingerprint density at radius 3 is 3.25 bits per heavy atom. The van der Waals surface area contributed by atoms with E-state index in [1.807, 2.05) is 0 Å². The molecule has 1 aromatic heterocycles. The van der Waals surface area contributed by atoms with Gasteiger partial charge in [-0.25, -0.2) is 0 Å². The van der Waals surface area contributed by atoms with E-state index in [1.54, 1.807) is 7.05 Å². The zero-order chi connectivity index (χ0) is 8.81. The van der Waals surface area contributed by atoms with Crippen molar-refractivity contribution in [2.75, 3.05) is 13.6 Å². The molecular weight excluding hydrogens is 158 g/mol. The minimum atomic E-state index is 0.412. The number of hydrogen-bond acceptors (Lipinski definition) is 4. The summed E-state index contributed by atoms with van der Waals surface area (Å²) in [5.74, 6) is 1.00. The van der Waals surface area contributed by atoms with Crippen LogP contribution < -0.4 is 11.1 Å². The van der Waals surface area contributed by atoms with Crippen LogP contribution in [0.2, 0.25) is 0 Å². The van der Waals surface area contributed by atoms with Crippen molar-refractivity contribution in [1.29, 1.82) is 0 Å². The van der Waals surface area contributed by atoms with Crippen LogP contribution >= 0.6 is 0 Å². The Bertz CT molecular complexity index is 242. The first-order valence-corrected chi connectivity index (χ1v) is 3.54. The molecule has 0 aliphatic rings. The summed E-state index contributed by atoms with van der Waals surface area (Å²) >= 11 is 0. The van der Waals surface area contributed by atoms with Gasteiger partial charge in [0, 0.05) is 20.0 Å². The van der Waals surface area contributed by atoms with Gasteiger partial charge in [0.1, 0.15) is 0 Å². The zero-order valence-corrected chi connectivity index (χ0v) is 6.82. The standard InChI is InChI=1S/C6H11N5O/c1-8-6(7)9-3-2-5-10-4-11-12-5/h4H,2-3H2,1H3,(H3,7,8,9). The largest absolute Gasteiger partial charge is 0.370 e. The smallest absolute Gasteiger partial charge is 0.228 e. The molecular formula is C6H11N5O. The molecule has 0 saturated carbocycles. The fraction of sp³-hybridized carbons (Fsp3) is 0.500. The Morgan fingerprint density at radius 1 is 1.83 bits per heavy atom. The summed E-state index contributed by atoms with van der Waals surface area (Å²) < 4.78 is 4.77. The highest BCUT2D eigenvalue weighted by Gasteiger charge is 1.97. The van der Waals surface area contributed by atoms with Gasteiger partial charge < -0.3 is 15.6 Å². The Kier molecular flexibility index (Phi) is 3.06. The maximum Gasteiger partial charge on any atom is 0.228 e. The first-order valence-electron chi connectivity index (χ1n) is 3.54. The summed E-state index contributed by atoms with van der Waals surface area (Å²) in [6.07, 6.45) is 2.02. The normalized spacial score (nSPS) is 11.6. The molecule has 12 heavy (non-hydrogen) atoms. The van der Waals surface area contributed by atoms with Gasteiger partial charge in [-0.1, -0.05) is 5.16 Å². The van der Waals surface area contributed by atoms with Crippen molar-refractivity contribution >= 4 is 5.96 Å². The van der Waals surface area contributed by atoms with Gasteiger partial charge in [0.2, 0.25) is 5.89 Å². The molecule has 3 N–H and O–H groups in total. The van der Waals surface area contributed by atoms with Crippen molar-refractivity contribution in [2.45, 2.75) is 6.42 Å². The van der Waals surface area contributed by atoms with Crippen molar-refractivity contribution in [2.24, 2.45) is 10.7 Å². The summed E-state index contributed by atoms with van der Waals surface area (Å²) in [7, 11) is 1.62. The average Bonchev–Trinajstić information content (AvgIpc) is 2.57. The molecule has 0 aliphatic heterocycles. The van der Waals surface area contributed by atoms with Crippen LogP contribution in [-0.2, 0) is 6.42 Å². The molecule has 1 rings (SSSR count). The number of aliphatic imine (C=N–C) groups is 1. The second-order valence-corrected chi connectivity index (χ2v) is 2.12. The monoisotopic (exact) mass is 169 g/mol. The molecule has 66 valence electrons. The van der Waals surface area contributed by atoms with Crippen molar-refractivity contribution in [3.05, 3.63) is 12.2 Å². The molecule has 1 aromatic rings. The van der Waals surface area contributed by atoms with Crippen LogP contribution in [0.4, 0.5) is 0 Å². The lowest BCUT2D eigenvalue weighted by Crippen LogP contribution is -2.32. The van der Waals surface area contributed by atoms with Gasteiger partial charge in [0.05, 0.1) is 0 Å². The van der Waals surface area contributed by atoms with Crippen molar-refractivity contribution in [3.63, 3.8) is 0 Å². The van der Waals surface area contributed by atoms with E-state index in [2.05, 4.69) is 20.4 Å². The van der Waals surface area contributed by atoms with Gasteiger partial charge >= 0.3 is 0 Å². The van der Waals surface area contributed by atoms with E-state index >= 15 is 0 Å². The molecule has 0 amide bonds. The molecule has 6 nitrogen and oxygen atoms in total. The van der Waals surface area contributed by atoms with Gasteiger partial charge in [-0.2, -0.15) is 4.98 Å². The first-order chi connectivity index (χ1) is 5.83. The number of guanidine groups is 1. The highest BCUT2D eigenvalue weighted by atomic mass is 16.5. The molecule has 0 spiro atoms. The minimum Gasteiger partial charge on any atom is -0.370 e. The number of nitrogens with one attached hydrogen (secondary N) is 1. The van der Waals surface area contributed by atoms with Gasteiger partial charge in [-0.3, -0.25) is 4.99 Å². The summed E-state index contributed by atoms with van der Waals surface area (Å²) in [6, 6.07) is 0. The quantitative estimate of drug-likeness (QED) is 0.454. The van der Waals surface area contributed by atoms with Crippen LogP contribution in [0.25, 0.3) is 0 Å². The molecule has 0 bridgehead atoms. The third-order valence-corrected chi connectivity index (χ3v) is 1.29. The number of rotatable bonds is 3. The van der Waals surface area contributed by atoms with Crippen LogP contribution in [0.3, 0.4) is 0 Å². The lowest BCUT2D eigenvalue weighted by Gasteiger charge is -2.00. The SMILES string of the molecule is CN=C(N)NCCc1ncno1. The number of hydrogen-bond donors (Lipinski definition) is 2. The van der Waals surface area contributed by atoms with Crippen molar-refractivity contribution < 1.29 is 4.52 Å². The van der Waals surface area contributed by atoms with Crippen LogP contribution in [0.5, 0.6) is 0 Å². The second-order valence-electron chi connectivity index (χ2n) is 2.12. The third kappa shape index (κ3) is 2.57. The maximum absolute atomic E-state index is 5.38. The molecule has 0 saturated heterocycles. The van der Waals surface area contributed by atoms with Gasteiger partial charge in [0.15, 0.2) is 12.3 Å². The maximum atomic E-state index is 5.38. The predicted octanol–water partition coefficient (Wildman–Crippen LogP) is -0.854. The van der Waals surface area contributed by atoms with Crippen molar-refractivity contribution in [1.82, 2.24) is 15.5 Å². The fourth-order valence-corrected chi connectivity index (χ4v) is 0.683. The van der Waals surface area contributed by atoms with Crippen LogP contribution in [0.1, 0.15) is 5.89 Å². The Hall–Kier alpha value is -1.59. The third-order valence-electron chi connectivity index (χ3n) is 1.29. The summed E-state index contributed by atoms with van der Waals surface area (Å²) in [6.45, 7) is 0.644. The molecule has 0 aromatic carbocycles. The zero-order valence-electron chi connectivity index (χ0n) is 6.82. The van der Waals surface area contributed by atoms with E-state index in [4.69, 9.17) is 10.3 Å². The molecule has 0 aliphatic carbocycles. The fourth-order valence-electron chi connectivity index (χ4n) is 0.683. The molecule has 0 unspecified atom stereocenters. The van der Waals surface area contributed by atoms with E-state index in [1.165, 1.54) is 6.33 Å². The topological polar surface area (TPSA) is 89.3 Å². The minimum absolute atomic E-state index is 0.412. The molecule has 0 radical (unpaired) electrons. The van der Waals surface area contributed by atoms with E-state index in [0.29, 0.717) is 24.8 Å². The lowest BCUT2D eigenvalue weighted by molar-refractivity contribution is 0.377. The van der Waals surface area contributed by atoms with Crippen LogP contribution in [-0.4, -0.2) is 29.7 Å². The Balaban J connectivity index is 2.19. The second kappa shape index (κ2) is 4.32. The van der Waals surface area contributed by atoms with Crippen molar-refractivity contribution in [3.8, 4) is 0 Å². The summed E-state index contributed by atoms with van der Waals surface area (Å²) in [5.41, 5.74) is 5.38. The van der Waals surface area contributed by atoms with Gasteiger partial charge in [-0.15, -0.1) is 0 Å². The summed E-state index contributed by atoms with van der Waals surface area (Å²) in [4.78, 5) is 7.56. The average molecular weight is 169 g/mol. The highest BCUT2D eigenvalue weighted by Crippen LogP contribution is 1.89. The number of nitrogens with zero attached hydrogens (tertiary/aromatic N) is 3. The number of nitrogens with two attached hydrogens (primary N) is 1. The molecule has 1 heterocycles. The Labute approximate surface area is 69.9 Å². The van der Waals surface area contributed by atoms with Crippen LogP contribution in [0.15, 0.2) is 15.8 Å². The Morgan fingerprint density at radius 2 is 2.67 bits per heavy atom. The van der Waals surface area contributed by atoms with E-state index < -0.39 is 0 Å². The molecule has 0 atom stereocenters.